The number of carboxylic acids is 1. The number of aryl methyl sites for hydroxylation is 1. The van der Waals surface area contributed by atoms with Crippen molar-refractivity contribution in [3.63, 3.8) is 0 Å². The average Bonchev–Trinajstić information content (AvgIpc) is 2.64. The lowest BCUT2D eigenvalue weighted by atomic mass is 10.2. The molecule has 2 aromatic rings. The minimum absolute atomic E-state index is 0.0590. The molecule has 0 aliphatic rings. The predicted octanol–water partition coefficient (Wildman–Crippen LogP) is 2.20. The van der Waals surface area contributed by atoms with E-state index < -0.39 is 11.8 Å². The van der Waals surface area contributed by atoms with Gasteiger partial charge in [0.1, 0.15) is 17.1 Å². The Kier molecular flexibility index (Phi) is 3.05. The minimum Gasteiger partial charge on any atom is -0.478 e. The maximum atomic E-state index is 13.9. The van der Waals surface area contributed by atoms with E-state index in [0.717, 1.165) is 6.07 Å². The summed E-state index contributed by atoms with van der Waals surface area (Å²) in [5, 5.41) is 21.8. The lowest BCUT2D eigenvalue weighted by Gasteiger charge is -2.06. The molecule has 0 bridgehead atoms. The molecule has 96 valence electrons. The molecular weight excluding hydrogens is 249 g/mol. The molecule has 6 heteroatoms. The zero-order valence-corrected chi connectivity index (χ0v) is 10.3. The van der Waals surface area contributed by atoms with E-state index in [1.54, 1.807) is 13.8 Å². The van der Waals surface area contributed by atoms with Crippen LogP contribution in [0.15, 0.2) is 18.2 Å². The highest BCUT2D eigenvalue weighted by Crippen LogP contribution is 2.20. The van der Waals surface area contributed by atoms with E-state index in [1.165, 1.54) is 16.8 Å². The van der Waals surface area contributed by atoms with Gasteiger partial charge in [-0.2, -0.15) is 10.4 Å². The van der Waals surface area contributed by atoms with Crippen molar-refractivity contribution >= 4 is 5.97 Å². The molecular formula is C13H10FN3O2. The second-order valence-corrected chi connectivity index (χ2v) is 4.04. The van der Waals surface area contributed by atoms with Gasteiger partial charge in [-0.15, -0.1) is 0 Å². The molecule has 0 unspecified atom stereocenters. The van der Waals surface area contributed by atoms with E-state index in [-0.39, 0.29) is 16.8 Å². The van der Waals surface area contributed by atoms with Crippen molar-refractivity contribution in [3.05, 3.63) is 46.5 Å². The first-order valence-electron chi connectivity index (χ1n) is 5.45. The highest BCUT2D eigenvalue weighted by molar-refractivity contribution is 5.90. The van der Waals surface area contributed by atoms with Crippen molar-refractivity contribution in [2.24, 2.45) is 0 Å². The average molecular weight is 259 g/mol. The van der Waals surface area contributed by atoms with Gasteiger partial charge in [0, 0.05) is 0 Å². The fourth-order valence-electron chi connectivity index (χ4n) is 1.93. The topological polar surface area (TPSA) is 78.9 Å². The fourth-order valence-corrected chi connectivity index (χ4v) is 1.93. The maximum Gasteiger partial charge on any atom is 0.339 e. The van der Waals surface area contributed by atoms with Crippen LogP contribution in [0.1, 0.15) is 27.3 Å². The van der Waals surface area contributed by atoms with Gasteiger partial charge in [-0.1, -0.05) is 0 Å². The van der Waals surface area contributed by atoms with E-state index in [1.807, 2.05) is 6.07 Å². The first kappa shape index (κ1) is 12.8. The summed E-state index contributed by atoms with van der Waals surface area (Å²) in [6, 6.07) is 5.78. The van der Waals surface area contributed by atoms with Crippen molar-refractivity contribution in [3.8, 4) is 11.8 Å². The van der Waals surface area contributed by atoms with E-state index in [0.29, 0.717) is 11.4 Å². The van der Waals surface area contributed by atoms with Crippen LogP contribution in [0.4, 0.5) is 4.39 Å². The number of benzene rings is 1. The quantitative estimate of drug-likeness (QED) is 0.896. The number of carboxylic acid groups (broad SMARTS) is 1. The van der Waals surface area contributed by atoms with Crippen LogP contribution in [0.25, 0.3) is 5.69 Å². The van der Waals surface area contributed by atoms with Crippen LogP contribution in [0.2, 0.25) is 0 Å². The summed E-state index contributed by atoms with van der Waals surface area (Å²) in [7, 11) is 0. The van der Waals surface area contributed by atoms with Gasteiger partial charge >= 0.3 is 5.97 Å². The van der Waals surface area contributed by atoms with Crippen LogP contribution in [-0.4, -0.2) is 20.9 Å². The molecule has 0 spiro atoms. The van der Waals surface area contributed by atoms with Gasteiger partial charge in [0.2, 0.25) is 0 Å². The molecule has 0 saturated heterocycles. The summed E-state index contributed by atoms with van der Waals surface area (Å²) in [6.45, 7) is 3.11. The number of nitrogens with zero attached hydrogens (tertiary/aromatic N) is 3. The Hall–Kier alpha value is -2.68. The zero-order valence-electron chi connectivity index (χ0n) is 10.3. The van der Waals surface area contributed by atoms with E-state index in [2.05, 4.69) is 5.10 Å². The molecule has 1 N–H and O–H groups in total. The van der Waals surface area contributed by atoms with Gasteiger partial charge in [0.25, 0.3) is 0 Å². The number of carbonyl (C=O) groups is 1. The molecule has 1 aromatic heterocycles. The Balaban J connectivity index is 2.64. The molecule has 0 aliphatic carbocycles. The second kappa shape index (κ2) is 4.53. The standard InChI is InChI=1S/C13H10FN3O2/c1-7-12(13(18)19)8(2)17(16-7)11-4-3-9(6-15)5-10(11)14/h3-5H,1-2H3,(H,18,19). The van der Waals surface area contributed by atoms with Crippen molar-refractivity contribution < 1.29 is 14.3 Å². The number of nitriles is 1. The van der Waals surface area contributed by atoms with E-state index in [4.69, 9.17) is 10.4 Å². The molecule has 0 amide bonds. The number of aromatic carboxylic acids is 1. The summed E-state index contributed by atoms with van der Waals surface area (Å²) >= 11 is 0. The predicted molar refractivity (Wildman–Crippen MR) is 64.7 cm³/mol. The van der Waals surface area contributed by atoms with Crippen LogP contribution in [0.3, 0.4) is 0 Å². The number of halogens is 1. The number of hydrogen-bond donors (Lipinski definition) is 1. The van der Waals surface area contributed by atoms with Crippen LogP contribution < -0.4 is 0 Å². The van der Waals surface area contributed by atoms with Gasteiger partial charge in [0.05, 0.1) is 23.0 Å². The fraction of sp³-hybridized carbons (Fsp3) is 0.154. The first-order chi connectivity index (χ1) is 8.95. The van der Waals surface area contributed by atoms with Crippen molar-refractivity contribution in [2.45, 2.75) is 13.8 Å². The van der Waals surface area contributed by atoms with Crippen LogP contribution >= 0.6 is 0 Å². The maximum absolute atomic E-state index is 13.9. The van der Waals surface area contributed by atoms with Crippen molar-refractivity contribution in [1.82, 2.24) is 9.78 Å². The smallest absolute Gasteiger partial charge is 0.339 e. The molecule has 0 radical (unpaired) electrons. The molecule has 19 heavy (non-hydrogen) atoms. The monoisotopic (exact) mass is 259 g/mol. The van der Waals surface area contributed by atoms with Crippen molar-refractivity contribution in [2.75, 3.05) is 0 Å². The minimum atomic E-state index is -1.10. The summed E-state index contributed by atoms with van der Waals surface area (Å²) in [4.78, 5) is 11.1. The van der Waals surface area contributed by atoms with Gasteiger partial charge in [-0.05, 0) is 32.0 Å². The van der Waals surface area contributed by atoms with E-state index >= 15 is 0 Å². The number of hydrogen-bond acceptors (Lipinski definition) is 3. The SMILES string of the molecule is Cc1nn(-c2ccc(C#N)cc2F)c(C)c1C(=O)O. The normalized spacial score (nSPS) is 10.2. The Morgan fingerprint density at radius 2 is 2.16 bits per heavy atom. The van der Waals surface area contributed by atoms with Crippen molar-refractivity contribution in [1.29, 1.82) is 5.26 Å². The zero-order chi connectivity index (χ0) is 14.2. The third-order valence-corrected chi connectivity index (χ3v) is 2.81. The van der Waals surface area contributed by atoms with E-state index in [9.17, 15) is 9.18 Å². The van der Waals surface area contributed by atoms with Crippen LogP contribution in [0.5, 0.6) is 0 Å². The second-order valence-electron chi connectivity index (χ2n) is 4.04. The lowest BCUT2D eigenvalue weighted by Crippen LogP contribution is -2.04. The largest absolute Gasteiger partial charge is 0.478 e. The molecule has 1 heterocycles. The van der Waals surface area contributed by atoms with Crippen LogP contribution in [0, 0.1) is 31.0 Å². The summed E-state index contributed by atoms with van der Waals surface area (Å²) in [5.41, 5.74) is 1.03. The molecule has 0 aliphatic heterocycles. The Morgan fingerprint density at radius 3 is 2.63 bits per heavy atom. The highest BCUT2D eigenvalue weighted by atomic mass is 19.1. The van der Waals surface area contributed by atoms with Gasteiger partial charge < -0.3 is 5.11 Å². The number of aromatic nitrogens is 2. The molecule has 0 fully saturated rings. The number of rotatable bonds is 2. The summed E-state index contributed by atoms with van der Waals surface area (Å²) in [6.07, 6.45) is 0. The molecule has 0 atom stereocenters. The van der Waals surface area contributed by atoms with Crippen LogP contribution in [-0.2, 0) is 0 Å². The first-order valence-corrected chi connectivity index (χ1v) is 5.45. The third-order valence-electron chi connectivity index (χ3n) is 2.81. The van der Waals surface area contributed by atoms with Gasteiger partial charge in [0.15, 0.2) is 0 Å². The molecule has 0 saturated carbocycles. The Labute approximate surface area is 108 Å². The Bertz CT molecular complexity index is 713. The van der Waals surface area contributed by atoms with Gasteiger partial charge in [-0.25, -0.2) is 13.9 Å². The lowest BCUT2D eigenvalue weighted by molar-refractivity contribution is 0.0695. The molecule has 2 rings (SSSR count). The molecule has 1 aromatic carbocycles. The highest BCUT2D eigenvalue weighted by Gasteiger charge is 2.20. The summed E-state index contributed by atoms with van der Waals surface area (Å²) in [5.74, 6) is -1.73. The third kappa shape index (κ3) is 2.06. The Morgan fingerprint density at radius 1 is 1.47 bits per heavy atom. The molecule has 5 nitrogen and oxygen atoms in total. The van der Waals surface area contributed by atoms with Gasteiger partial charge in [-0.3, -0.25) is 0 Å². The summed E-state index contributed by atoms with van der Waals surface area (Å²) < 4.78 is 15.1.